The van der Waals surface area contributed by atoms with Gasteiger partial charge in [0.1, 0.15) is 0 Å². The molecule has 0 atom stereocenters. The van der Waals surface area contributed by atoms with Gasteiger partial charge < -0.3 is 4.42 Å². The summed E-state index contributed by atoms with van der Waals surface area (Å²) in [6.07, 6.45) is 0. The van der Waals surface area contributed by atoms with Crippen LogP contribution in [0.2, 0.25) is 0 Å². The number of hydrogen-bond acceptors (Lipinski definition) is 3. The van der Waals surface area contributed by atoms with Crippen LogP contribution in [0.1, 0.15) is 36.5 Å². The van der Waals surface area contributed by atoms with Crippen LogP contribution in [0.4, 0.5) is 0 Å². The number of rotatable bonds is 2. The summed E-state index contributed by atoms with van der Waals surface area (Å²) in [4.78, 5) is 8.28. The van der Waals surface area contributed by atoms with Crippen LogP contribution in [0.5, 0.6) is 0 Å². The zero-order valence-corrected chi connectivity index (χ0v) is 10.3. The average molecular weight is 206 g/mol. The van der Waals surface area contributed by atoms with Crippen LogP contribution in [0.15, 0.2) is 14.4 Å². The van der Waals surface area contributed by atoms with Crippen molar-refractivity contribution in [3.8, 4) is 0 Å². The molecule has 1 rings (SSSR count). The van der Waals surface area contributed by atoms with Gasteiger partial charge in [-0.3, -0.25) is 9.98 Å². The predicted molar refractivity (Wildman–Crippen MR) is 64.5 cm³/mol. The van der Waals surface area contributed by atoms with E-state index < -0.39 is 0 Å². The van der Waals surface area contributed by atoms with Crippen molar-refractivity contribution in [1.29, 1.82) is 0 Å². The van der Waals surface area contributed by atoms with Gasteiger partial charge in [-0.25, -0.2) is 0 Å². The van der Waals surface area contributed by atoms with Gasteiger partial charge in [0.15, 0.2) is 11.5 Å². The Labute approximate surface area is 90.9 Å². The van der Waals surface area contributed by atoms with Crippen LogP contribution >= 0.6 is 0 Å². The van der Waals surface area contributed by atoms with E-state index in [-0.39, 0.29) is 0 Å². The third-order valence-corrected chi connectivity index (χ3v) is 2.78. The van der Waals surface area contributed by atoms with E-state index in [4.69, 9.17) is 4.42 Å². The largest absolute Gasteiger partial charge is 0.453 e. The third kappa shape index (κ3) is 2.01. The van der Waals surface area contributed by atoms with Crippen molar-refractivity contribution >= 4 is 11.4 Å². The fourth-order valence-corrected chi connectivity index (χ4v) is 1.49. The Morgan fingerprint density at radius 1 is 0.867 bits per heavy atom. The molecule has 0 N–H and O–H groups in total. The molecule has 0 aliphatic rings. The van der Waals surface area contributed by atoms with Crippen LogP contribution in [-0.4, -0.2) is 25.5 Å². The van der Waals surface area contributed by atoms with Gasteiger partial charge in [-0.1, -0.05) is 0 Å². The monoisotopic (exact) mass is 206 g/mol. The molecule has 1 aromatic rings. The lowest BCUT2D eigenvalue weighted by Gasteiger charge is -1.95. The highest BCUT2D eigenvalue weighted by Gasteiger charge is 2.16. The van der Waals surface area contributed by atoms with Crippen molar-refractivity contribution < 1.29 is 4.42 Å². The van der Waals surface area contributed by atoms with Gasteiger partial charge >= 0.3 is 0 Å². The second-order valence-electron chi connectivity index (χ2n) is 3.63. The first-order chi connectivity index (χ1) is 7.02. The molecule has 0 saturated heterocycles. The number of furan rings is 1. The molecule has 0 radical (unpaired) electrons. The van der Waals surface area contributed by atoms with E-state index in [2.05, 4.69) is 23.8 Å². The molecular formula is C12H18N2O. The van der Waals surface area contributed by atoms with Gasteiger partial charge in [0.2, 0.25) is 0 Å². The lowest BCUT2D eigenvalue weighted by atomic mass is 10.1. The van der Waals surface area contributed by atoms with E-state index in [1.165, 1.54) is 0 Å². The number of nitrogens with zero attached hydrogens (tertiary/aromatic N) is 2. The fraction of sp³-hybridized carbons (Fsp3) is 0.500. The Morgan fingerprint density at radius 3 is 1.47 bits per heavy atom. The van der Waals surface area contributed by atoms with Crippen LogP contribution in [0.25, 0.3) is 0 Å². The normalized spacial score (nSPS) is 13.5. The highest BCUT2D eigenvalue weighted by atomic mass is 16.3. The second-order valence-corrected chi connectivity index (χ2v) is 3.63. The fourth-order valence-electron chi connectivity index (χ4n) is 1.49. The maximum Gasteiger partial charge on any atom is 0.151 e. The summed E-state index contributed by atoms with van der Waals surface area (Å²) < 4.78 is 5.79. The summed E-state index contributed by atoms with van der Waals surface area (Å²) in [5, 5.41) is 0. The molecule has 0 amide bonds. The molecule has 0 aliphatic carbocycles. The van der Waals surface area contributed by atoms with Crippen molar-refractivity contribution in [2.45, 2.75) is 27.7 Å². The lowest BCUT2D eigenvalue weighted by Crippen LogP contribution is -1.94. The van der Waals surface area contributed by atoms with E-state index in [0.29, 0.717) is 0 Å². The molecule has 0 unspecified atom stereocenters. The minimum atomic E-state index is 0.869. The van der Waals surface area contributed by atoms with E-state index in [1.54, 1.807) is 14.1 Å². The molecule has 3 heteroatoms. The quantitative estimate of drug-likeness (QED) is 0.685. The summed E-state index contributed by atoms with van der Waals surface area (Å²) in [7, 11) is 3.54. The van der Waals surface area contributed by atoms with Crippen LogP contribution < -0.4 is 0 Å². The molecule has 0 bridgehead atoms. The standard InChI is InChI=1S/C12H18N2O/c1-7-8(2)12(10(4)14-6)15-11(7)9(3)13-5/h1-6H3/b13-9+,14-10+. The molecule has 0 fully saturated rings. The Balaban J connectivity index is 3.37. The van der Waals surface area contributed by atoms with Crippen LogP contribution in [0, 0.1) is 13.8 Å². The summed E-state index contributed by atoms with van der Waals surface area (Å²) in [6.45, 7) is 8.01. The van der Waals surface area contributed by atoms with Gasteiger partial charge in [-0.15, -0.1) is 0 Å². The molecule has 0 spiro atoms. The molecule has 0 aliphatic heterocycles. The molecule has 82 valence electrons. The molecule has 0 aromatic carbocycles. The highest BCUT2D eigenvalue weighted by molar-refractivity contribution is 6.02. The van der Waals surface area contributed by atoms with Gasteiger partial charge in [0.25, 0.3) is 0 Å². The van der Waals surface area contributed by atoms with Crippen LogP contribution in [0.3, 0.4) is 0 Å². The second kappa shape index (κ2) is 4.43. The van der Waals surface area contributed by atoms with Crippen LogP contribution in [-0.2, 0) is 0 Å². The molecule has 3 nitrogen and oxygen atoms in total. The van der Waals surface area contributed by atoms with Gasteiger partial charge in [0, 0.05) is 25.2 Å². The molecule has 1 heterocycles. The van der Waals surface area contributed by atoms with E-state index in [9.17, 15) is 0 Å². The molecular weight excluding hydrogens is 188 g/mol. The van der Waals surface area contributed by atoms with Crippen molar-refractivity contribution in [1.82, 2.24) is 0 Å². The van der Waals surface area contributed by atoms with Crippen molar-refractivity contribution in [2.75, 3.05) is 14.1 Å². The Kier molecular flexibility index (Phi) is 3.45. The van der Waals surface area contributed by atoms with Gasteiger partial charge in [0.05, 0.1) is 11.4 Å². The maximum atomic E-state index is 5.79. The van der Waals surface area contributed by atoms with E-state index in [1.807, 2.05) is 13.8 Å². The smallest absolute Gasteiger partial charge is 0.151 e. The number of hydrogen-bond donors (Lipinski definition) is 0. The SMILES string of the molecule is C/N=C(\C)c1oc(/C(C)=N/C)c(C)c1C. The molecule has 15 heavy (non-hydrogen) atoms. The molecule has 0 saturated carbocycles. The zero-order chi connectivity index (χ0) is 11.6. The molecule has 1 aromatic heterocycles. The maximum absolute atomic E-state index is 5.79. The highest BCUT2D eigenvalue weighted by Crippen LogP contribution is 2.22. The van der Waals surface area contributed by atoms with Crippen molar-refractivity contribution in [3.63, 3.8) is 0 Å². The van der Waals surface area contributed by atoms with Crippen molar-refractivity contribution in [2.24, 2.45) is 9.98 Å². The van der Waals surface area contributed by atoms with E-state index in [0.717, 1.165) is 34.1 Å². The summed E-state index contributed by atoms with van der Waals surface area (Å²) >= 11 is 0. The zero-order valence-electron chi connectivity index (χ0n) is 10.3. The van der Waals surface area contributed by atoms with E-state index >= 15 is 0 Å². The minimum absolute atomic E-state index is 0.869. The first-order valence-corrected chi connectivity index (χ1v) is 5.00. The lowest BCUT2D eigenvalue weighted by molar-refractivity contribution is 0.544. The predicted octanol–water partition coefficient (Wildman–Crippen LogP) is 2.77. The Bertz CT molecular complexity index is 387. The topological polar surface area (TPSA) is 37.9 Å². The van der Waals surface area contributed by atoms with Crippen molar-refractivity contribution in [3.05, 3.63) is 22.6 Å². The first kappa shape index (κ1) is 11.7. The third-order valence-electron chi connectivity index (χ3n) is 2.78. The summed E-state index contributed by atoms with van der Waals surface area (Å²) in [5.41, 5.74) is 4.14. The average Bonchev–Trinajstić information content (AvgIpc) is 2.54. The Hall–Kier alpha value is -1.38. The van der Waals surface area contributed by atoms with Gasteiger partial charge in [-0.2, -0.15) is 0 Å². The number of aliphatic imine (C=N–C) groups is 2. The summed E-state index contributed by atoms with van der Waals surface area (Å²) in [6, 6.07) is 0. The summed E-state index contributed by atoms with van der Waals surface area (Å²) in [5.74, 6) is 1.74. The minimum Gasteiger partial charge on any atom is -0.453 e. The van der Waals surface area contributed by atoms with Gasteiger partial charge in [-0.05, 0) is 27.7 Å². The Morgan fingerprint density at radius 2 is 1.20 bits per heavy atom. The first-order valence-electron chi connectivity index (χ1n) is 5.00.